The molecule has 4 N–H and O–H groups in total. The van der Waals surface area contributed by atoms with Gasteiger partial charge >= 0.3 is 0 Å². The molecule has 4 rings (SSSR count). The van der Waals surface area contributed by atoms with Gasteiger partial charge in [0.15, 0.2) is 6.54 Å². The van der Waals surface area contributed by atoms with E-state index in [9.17, 15) is 19.2 Å². The molecule has 4 amide bonds. The third kappa shape index (κ3) is 7.93. The first-order valence-corrected chi connectivity index (χ1v) is 14.5. The molecule has 2 saturated heterocycles. The van der Waals surface area contributed by atoms with E-state index in [0.717, 1.165) is 11.1 Å². The fourth-order valence-corrected chi connectivity index (χ4v) is 5.79. The molecular weight excluding hydrogens is 538 g/mol. The number of rotatable bonds is 13. The van der Waals surface area contributed by atoms with Crippen molar-refractivity contribution < 1.29 is 33.4 Å². The zero-order valence-corrected chi connectivity index (χ0v) is 24.4. The van der Waals surface area contributed by atoms with Crippen molar-refractivity contribution in [2.24, 2.45) is 5.73 Å². The van der Waals surface area contributed by atoms with Crippen LogP contribution in [0.4, 0.5) is 0 Å². The lowest BCUT2D eigenvalue weighted by Crippen LogP contribution is -2.60. The monoisotopic (exact) mass is 580 g/mol. The maximum atomic E-state index is 13.6. The van der Waals surface area contributed by atoms with Crippen LogP contribution >= 0.6 is 0 Å². The maximum absolute atomic E-state index is 13.6. The average molecular weight is 581 g/mol. The minimum Gasteiger partial charge on any atom is -0.370 e. The van der Waals surface area contributed by atoms with Crippen molar-refractivity contribution in [3.8, 4) is 0 Å². The molecule has 0 saturated carbocycles. The highest BCUT2D eigenvalue weighted by Gasteiger charge is 2.44. The van der Waals surface area contributed by atoms with Gasteiger partial charge in [-0.15, -0.1) is 0 Å². The second-order valence-corrected chi connectivity index (χ2v) is 11.1. The molecular formula is C31H42N5O6+. The first-order chi connectivity index (χ1) is 20.2. The van der Waals surface area contributed by atoms with Crippen LogP contribution in [-0.4, -0.2) is 97.3 Å². The lowest BCUT2D eigenvalue weighted by atomic mass is 10.0. The molecule has 2 fully saturated rings. The molecule has 0 bridgehead atoms. The first kappa shape index (κ1) is 31.1. The largest absolute Gasteiger partial charge is 0.370 e. The van der Waals surface area contributed by atoms with Crippen LogP contribution < -0.4 is 16.4 Å². The number of benzene rings is 2. The van der Waals surface area contributed by atoms with E-state index < -0.39 is 29.9 Å². The van der Waals surface area contributed by atoms with Crippen LogP contribution in [0.15, 0.2) is 60.7 Å². The van der Waals surface area contributed by atoms with Crippen LogP contribution in [0.5, 0.6) is 0 Å². The highest BCUT2D eigenvalue weighted by atomic mass is 16.7. The fourth-order valence-electron chi connectivity index (χ4n) is 5.79. The molecule has 2 aliphatic heterocycles. The number of nitrogens with zero attached hydrogens (tertiary/aromatic N) is 2. The van der Waals surface area contributed by atoms with Crippen molar-refractivity contribution in [1.82, 2.24) is 15.5 Å². The second-order valence-electron chi connectivity index (χ2n) is 11.1. The number of hydrogen-bond donors (Lipinski definition) is 3. The van der Waals surface area contributed by atoms with Gasteiger partial charge in [-0.1, -0.05) is 60.7 Å². The molecule has 2 heterocycles. The van der Waals surface area contributed by atoms with Crippen LogP contribution in [0.25, 0.3) is 0 Å². The third-order valence-corrected chi connectivity index (χ3v) is 8.18. The number of morpholine rings is 1. The van der Waals surface area contributed by atoms with E-state index in [1.165, 1.54) is 4.90 Å². The molecule has 1 unspecified atom stereocenters. The van der Waals surface area contributed by atoms with E-state index in [2.05, 4.69) is 10.6 Å². The number of hydrogen-bond acceptors (Lipinski definition) is 6. The molecule has 2 aromatic carbocycles. The van der Waals surface area contributed by atoms with Crippen LogP contribution in [0.2, 0.25) is 0 Å². The van der Waals surface area contributed by atoms with E-state index in [-0.39, 0.29) is 35.5 Å². The Kier molecular flexibility index (Phi) is 10.7. The normalized spacial score (nSPS) is 21.4. The highest BCUT2D eigenvalue weighted by molar-refractivity contribution is 5.95. The summed E-state index contributed by atoms with van der Waals surface area (Å²) in [6, 6.07) is 16.2. The van der Waals surface area contributed by atoms with Gasteiger partial charge in [0.1, 0.15) is 31.2 Å². The van der Waals surface area contributed by atoms with Crippen LogP contribution in [0, 0.1) is 0 Å². The Labute approximate surface area is 246 Å². The number of aryl methyl sites for hydroxylation is 1. The third-order valence-electron chi connectivity index (χ3n) is 8.18. The Bertz CT molecular complexity index is 1220. The van der Waals surface area contributed by atoms with Gasteiger partial charge < -0.3 is 26.0 Å². The van der Waals surface area contributed by atoms with Crippen molar-refractivity contribution in [2.45, 2.75) is 56.8 Å². The van der Waals surface area contributed by atoms with E-state index in [0.29, 0.717) is 45.6 Å². The molecule has 42 heavy (non-hydrogen) atoms. The summed E-state index contributed by atoms with van der Waals surface area (Å²) in [7, 11) is 1.56. The minimum atomic E-state index is -0.871. The summed E-state index contributed by atoms with van der Waals surface area (Å²) in [5.41, 5.74) is 7.66. The number of carbonyl (C=O) groups is 4. The molecule has 226 valence electrons. The zero-order chi connectivity index (χ0) is 30.1. The Morgan fingerprint density at radius 3 is 2.26 bits per heavy atom. The van der Waals surface area contributed by atoms with Gasteiger partial charge in [-0.05, 0) is 37.3 Å². The summed E-state index contributed by atoms with van der Waals surface area (Å²) >= 11 is 0. The quantitative estimate of drug-likeness (QED) is 0.298. The summed E-state index contributed by atoms with van der Waals surface area (Å²) in [4.78, 5) is 59.9. The smallest absolute Gasteiger partial charge is 0.278 e. The zero-order valence-electron chi connectivity index (χ0n) is 24.4. The summed E-state index contributed by atoms with van der Waals surface area (Å²) in [5.74, 6) is -1.73. The molecule has 11 nitrogen and oxygen atoms in total. The van der Waals surface area contributed by atoms with Crippen molar-refractivity contribution in [1.29, 1.82) is 0 Å². The maximum Gasteiger partial charge on any atom is 0.278 e. The molecule has 0 aliphatic carbocycles. The van der Waals surface area contributed by atoms with Crippen LogP contribution in [0.1, 0.15) is 30.9 Å². The van der Waals surface area contributed by atoms with Crippen molar-refractivity contribution in [3.05, 3.63) is 71.8 Å². The molecule has 0 radical (unpaired) electrons. The van der Waals surface area contributed by atoms with E-state index in [1.807, 2.05) is 67.6 Å². The lowest BCUT2D eigenvalue weighted by Gasteiger charge is -2.36. The second kappa shape index (κ2) is 14.4. The van der Waals surface area contributed by atoms with E-state index in [1.54, 1.807) is 7.11 Å². The average Bonchev–Trinajstić information content (AvgIpc) is 3.26. The molecule has 0 spiro atoms. The SMILES string of the molecule is CO[N+]1(CC(=O)N[C@@H](CCc2ccccc2)C(=O)N[C@H]2CC(C)N([C@@H](Cc3ccccc3)C(N)=O)C2=O)CCOCC1. The van der Waals surface area contributed by atoms with E-state index in [4.69, 9.17) is 15.3 Å². The number of nitrogens with one attached hydrogen (secondary N) is 2. The number of likely N-dealkylation sites (tertiary alicyclic amines) is 1. The summed E-state index contributed by atoms with van der Waals surface area (Å²) in [5, 5.41) is 5.75. The molecule has 4 atom stereocenters. The number of nitrogens with two attached hydrogens (primary N) is 1. The molecule has 2 aliphatic rings. The Morgan fingerprint density at radius 1 is 1.05 bits per heavy atom. The topological polar surface area (TPSA) is 140 Å². The van der Waals surface area contributed by atoms with Gasteiger partial charge in [0, 0.05) is 12.5 Å². The van der Waals surface area contributed by atoms with E-state index >= 15 is 0 Å². The minimum absolute atomic E-state index is 0.0436. The standard InChI is InChI=1S/C31H41N5O6/c1-22-19-26(31(40)35(22)27(29(32)38)20-24-11-7-4-8-12-24)34-30(39)25(14-13-23-9-5-3-6-10-23)33-28(37)21-36(41-2)15-17-42-18-16-36/h3-12,22,25-27H,13-21H2,1-2H3,(H3-,32,33,34,37,38,39)/p+1/t22?,25-,26-,27-/m0/s1. The molecule has 11 heteroatoms. The number of carbonyl (C=O) groups excluding carboxylic acids is 4. The molecule has 2 aromatic rings. The summed E-state index contributed by atoms with van der Waals surface area (Å²) in [6.07, 6.45) is 1.51. The van der Waals surface area contributed by atoms with Gasteiger partial charge in [0.2, 0.25) is 17.7 Å². The van der Waals surface area contributed by atoms with Gasteiger partial charge in [-0.3, -0.25) is 19.2 Å². The Balaban J connectivity index is 1.45. The lowest BCUT2D eigenvalue weighted by molar-refractivity contribution is -1.10. The van der Waals surface area contributed by atoms with Crippen molar-refractivity contribution in [2.75, 3.05) is 40.0 Å². The predicted molar refractivity (Wildman–Crippen MR) is 155 cm³/mol. The fraction of sp³-hybridized carbons (Fsp3) is 0.484. The van der Waals surface area contributed by atoms with Crippen LogP contribution in [-0.2, 0) is 41.6 Å². The number of hydroxylamine groups is 3. The van der Waals surface area contributed by atoms with Gasteiger partial charge in [-0.25, -0.2) is 4.84 Å². The van der Waals surface area contributed by atoms with Gasteiger partial charge in [0.05, 0.1) is 20.3 Å². The predicted octanol–water partition coefficient (Wildman–Crippen LogP) is 0.715. The summed E-state index contributed by atoms with van der Waals surface area (Å²) < 4.78 is 5.54. The van der Waals surface area contributed by atoms with Gasteiger partial charge in [0.25, 0.3) is 5.91 Å². The Morgan fingerprint density at radius 2 is 1.67 bits per heavy atom. The first-order valence-electron chi connectivity index (χ1n) is 14.5. The summed E-state index contributed by atoms with van der Waals surface area (Å²) in [6.45, 7) is 3.90. The Hall–Kier alpha value is -3.80. The highest BCUT2D eigenvalue weighted by Crippen LogP contribution is 2.24. The van der Waals surface area contributed by atoms with Crippen molar-refractivity contribution in [3.63, 3.8) is 0 Å². The van der Waals surface area contributed by atoms with Crippen LogP contribution in [0.3, 0.4) is 0 Å². The van der Waals surface area contributed by atoms with Gasteiger partial charge in [-0.2, -0.15) is 4.65 Å². The number of quaternary nitrogens is 1. The number of amides is 4. The number of primary amides is 1. The molecule has 0 aromatic heterocycles. The van der Waals surface area contributed by atoms with Crippen molar-refractivity contribution >= 4 is 23.6 Å². The number of ether oxygens (including phenoxy) is 1.